The van der Waals surface area contributed by atoms with E-state index in [1.807, 2.05) is 13.0 Å². The zero-order chi connectivity index (χ0) is 12.8. The monoisotopic (exact) mass is 254 g/mol. The topological polar surface area (TPSA) is 52.9 Å². The van der Waals surface area contributed by atoms with Gasteiger partial charge in [-0.2, -0.15) is 5.26 Å². The van der Waals surface area contributed by atoms with Crippen molar-refractivity contribution in [3.63, 3.8) is 0 Å². The molecular weight excluding hydrogens is 243 g/mol. The van der Waals surface area contributed by atoms with Crippen molar-refractivity contribution >= 4 is 17.5 Å². The highest BCUT2D eigenvalue weighted by molar-refractivity contribution is 6.31. The van der Waals surface area contributed by atoms with Crippen molar-refractivity contribution in [2.45, 2.75) is 25.8 Å². The van der Waals surface area contributed by atoms with Gasteiger partial charge in [0.05, 0.1) is 17.5 Å². The Hall–Kier alpha value is -1.60. The van der Waals surface area contributed by atoms with Gasteiger partial charge in [0.25, 0.3) is 5.91 Å². The molecule has 1 unspecified atom stereocenters. The first-order valence-electron chi connectivity index (χ1n) is 5.21. The van der Waals surface area contributed by atoms with E-state index in [-0.39, 0.29) is 29.0 Å². The largest absolute Gasteiger partial charge is 0.348 e. The Labute approximate surface area is 104 Å². The van der Waals surface area contributed by atoms with Crippen LogP contribution in [-0.4, -0.2) is 11.9 Å². The highest BCUT2D eigenvalue weighted by Gasteiger charge is 2.13. The molecule has 5 heteroatoms. The van der Waals surface area contributed by atoms with Crippen LogP contribution in [0.25, 0.3) is 0 Å². The van der Waals surface area contributed by atoms with E-state index in [4.69, 9.17) is 16.9 Å². The number of nitrogens with one attached hydrogen (secondary N) is 1. The molecule has 17 heavy (non-hydrogen) atoms. The molecule has 0 fully saturated rings. The number of hydrogen-bond acceptors (Lipinski definition) is 2. The van der Waals surface area contributed by atoms with Crippen LogP contribution in [-0.2, 0) is 0 Å². The summed E-state index contributed by atoms with van der Waals surface area (Å²) in [4.78, 5) is 11.8. The Kier molecular flexibility index (Phi) is 4.92. The number of hydrogen-bond donors (Lipinski definition) is 1. The number of rotatable bonds is 4. The van der Waals surface area contributed by atoms with Crippen molar-refractivity contribution in [3.8, 4) is 6.07 Å². The van der Waals surface area contributed by atoms with Gasteiger partial charge in [-0.05, 0) is 24.6 Å². The molecule has 1 aromatic rings. The third kappa shape index (κ3) is 3.72. The Morgan fingerprint density at radius 1 is 1.65 bits per heavy atom. The van der Waals surface area contributed by atoms with Crippen LogP contribution in [0.1, 0.15) is 30.1 Å². The molecule has 1 atom stereocenters. The van der Waals surface area contributed by atoms with Crippen LogP contribution in [0.5, 0.6) is 0 Å². The molecule has 0 aliphatic rings. The van der Waals surface area contributed by atoms with Crippen molar-refractivity contribution in [2.24, 2.45) is 0 Å². The van der Waals surface area contributed by atoms with E-state index >= 15 is 0 Å². The molecule has 1 rings (SSSR count). The molecule has 0 aliphatic heterocycles. The molecule has 0 bridgehead atoms. The van der Waals surface area contributed by atoms with Crippen molar-refractivity contribution in [1.82, 2.24) is 5.32 Å². The third-order valence-electron chi connectivity index (χ3n) is 2.35. The quantitative estimate of drug-likeness (QED) is 0.898. The second-order valence-electron chi connectivity index (χ2n) is 3.57. The van der Waals surface area contributed by atoms with Gasteiger partial charge < -0.3 is 5.32 Å². The van der Waals surface area contributed by atoms with Gasteiger partial charge in [-0.1, -0.05) is 18.5 Å². The maximum atomic E-state index is 12.9. The van der Waals surface area contributed by atoms with Gasteiger partial charge in [-0.25, -0.2) is 4.39 Å². The zero-order valence-electron chi connectivity index (χ0n) is 9.34. The third-order valence-corrected chi connectivity index (χ3v) is 2.64. The first kappa shape index (κ1) is 13.5. The Morgan fingerprint density at radius 2 is 2.35 bits per heavy atom. The number of benzene rings is 1. The van der Waals surface area contributed by atoms with Gasteiger partial charge >= 0.3 is 0 Å². The van der Waals surface area contributed by atoms with E-state index in [0.717, 1.165) is 6.07 Å². The minimum atomic E-state index is -0.563. The van der Waals surface area contributed by atoms with E-state index in [1.54, 1.807) is 0 Å². The van der Waals surface area contributed by atoms with Crippen LogP contribution in [0.2, 0.25) is 5.02 Å². The lowest BCUT2D eigenvalue weighted by Gasteiger charge is -2.13. The summed E-state index contributed by atoms with van der Waals surface area (Å²) in [7, 11) is 0. The summed E-state index contributed by atoms with van der Waals surface area (Å²) in [5, 5.41) is 11.2. The number of nitriles is 1. The maximum absolute atomic E-state index is 12.9. The molecule has 0 aromatic heterocycles. The van der Waals surface area contributed by atoms with Crippen LogP contribution < -0.4 is 5.32 Å². The number of carbonyl (C=O) groups is 1. The number of carbonyl (C=O) groups excluding carboxylic acids is 1. The lowest BCUT2D eigenvalue weighted by Crippen LogP contribution is -2.34. The fourth-order valence-corrected chi connectivity index (χ4v) is 1.49. The predicted octanol–water partition coefficient (Wildman–Crippen LogP) is 2.90. The molecule has 0 radical (unpaired) electrons. The first-order chi connectivity index (χ1) is 8.08. The van der Waals surface area contributed by atoms with Crippen LogP contribution in [0.3, 0.4) is 0 Å². The molecule has 0 spiro atoms. The van der Waals surface area contributed by atoms with Gasteiger partial charge in [0.1, 0.15) is 5.82 Å². The molecule has 1 amide bonds. The lowest BCUT2D eigenvalue weighted by atomic mass is 10.1. The molecule has 3 nitrogen and oxygen atoms in total. The lowest BCUT2D eigenvalue weighted by molar-refractivity contribution is 0.0936. The minimum absolute atomic E-state index is 0.0917. The highest BCUT2D eigenvalue weighted by atomic mass is 35.5. The normalized spacial score (nSPS) is 11.6. The smallest absolute Gasteiger partial charge is 0.251 e. The Balaban J connectivity index is 2.76. The summed E-state index contributed by atoms with van der Waals surface area (Å²) in [5.41, 5.74) is 0.285. The van der Waals surface area contributed by atoms with E-state index in [0.29, 0.717) is 6.42 Å². The van der Waals surface area contributed by atoms with Crippen molar-refractivity contribution in [3.05, 3.63) is 34.6 Å². The Bertz CT molecular complexity index is 456. The van der Waals surface area contributed by atoms with Gasteiger partial charge in [0.15, 0.2) is 0 Å². The van der Waals surface area contributed by atoms with Crippen molar-refractivity contribution < 1.29 is 9.18 Å². The van der Waals surface area contributed by atoms with Crippen LogP contribution in [0, 0.1) is 17.1 Å². The van der Waals surface area contributed by atoms with E-state index in [9.17, 15) is 9.18 Å². The zero-order valence-corrected chi connectivity index (χ0v) is 10.1. The van der Waals surface area contributed by atoms with Gasteiger partial charge in [-0.15, -0.1) is 0 Å². The van der Waals surface area contributed by atoms with Crippen molar-refractivity contribution in [1.29, 1.82) is 5.26 Å². The van der Waals surface area contributed by atoms with Gasteiger partial charge in [-0.3, -0.25) is 4.79 Å². The first-order valence-corrected chi connectivity index (χ1v) is 5.59. The molecule has 0 saturated carbocycles. The fraction of sp³-hybridized carbons (Fsp3) is 0.333. The van der Waals surface area contributed by atoms with Crippen molar-refractivity contribution in [2.75, 3.05) is 0 Å². The average molecular weight is 255 g/mol. The van der Waals surface area contributed by atoms with Crippen LogP contribution >= 0.6 is 11.6 Å². The molecule has 1 N–H and O–H groups in total. The van der Waals surface area contributed by atoms with Crippen LogP contribution in [0.4, 0.5) is 4.39 Å². The van der Waals surface area contributed by atoms with E-state index in [2.05, 4.69) is 5.32 Å². The van der Waals surface area contributed by atoms with Gasteiger partial charge in [0, 0.05) is 11.6 Å². The molecule has 0 heterocycles. The Morgan fingerprint density at radius 3 is 2.88 bits per heavy atom. The minimum Gasteiger partial charge on any atom is -0.348 e. The summed E-state index contributed by atoms with van der Waals surface area (Å²) in [5.74, 6) is -0.915. The van der Waals surface area contributed by atoms with Gasteiger partial charge in [0.2, 0.25) is 0 Å². The average Bonchev–Trinajstić information content (AvgIpc) is 2.31. The van der Waals surface area contributed by atoms with E-state index < -0.39 is 5.82 Å². The number of halogens is 2. The summed E-state index contributed by atoms with van der Waals surface area (Å²) in [6.07, 6.45) is 0.908. The standard InChI is InChI=1S/C12H12ClFN2O/c1-2-9(5-6-15)16-12(17)8-3-4-11(14)10(13)7-8/h3-4,7,9H,2,5H2,1H3,(H,16,17). The number of amides is 1. The molecule has 0 aliphatic carbocycles. The van der Waals surface area contributed by atoms with Crippen LogP contribution in [0.15, 0.2) is 18.2 Å². The summed E-state index contributed by atoms with van der Waals surface area (Å²) < 4.78 is 12.9. The predicted molar refractivity (Wildman–Crippen MR) is 63.2 cm³/mol. The fourth-order valence-electron chi connectivity index (χ4n) is 1.31. The highest BCUT2D eigenvalue weighted by Crippen LogP contribution is 2.16. The second kappa shape index (κ2) is 6.21. The SMILES string of the molecule is CCC(CC#N)NC(=O)c1ccc(F)c(Cl)c1. The number of nitrogens with zero attached hydrogens (tertiary/aromatic N) is 1. The van der Waals surface area contributed by atoms with E-state index in [1.165, 1.54) is 12.1 Å². The summed E-state index contributed by atoms with van der Waals surface area (Å²) in [6, 6.07) is 5.56. The molecule has 90 valence electrons. The summed E-state index contributed by atoms with van der Waals surface area (Å²) in [6.45, 7) is 1.87. The summed E-state index contributed by atoms with van der Waals surface area (Å²) >= 11 is 5.58. The second-order valence-corrected chi connectivity index (χ2v) is 3.98. The molecular formula is C12H12ClFN2O. The maximum Gasteiger partial charge on any atom is 0.251 e. The molecule has 1 aromatic carbocycles. The molecule has 0 saturated heterocycles.